The van der Waals surface area contributed by atoms with Crippen molar-refractivity contribution in [1.82, 2.24) is 20.0 Å². The van der Waals surface area contributed by atoms with Crippen molar-refractivity contribution >= 4 is 22.8 Å². The molecule has 2 aromatic heterocycles. The average Bonchev–Trinajstić information content (AvgIpc) is 3.44. The first-order valence-electron chi connectivity index (χ1n) is 15.3. The third-order valence-corrected chi connectivity index (χ3v) is 7.90. The van der Waals surface area contributed by atoms with Crippen LogP contribution in [0.15, 0.2) is 83.4 Å². The van der Waals surface area contributed by atoms with Gasteiger partial charge in [-0.15, -0.1) is 0 Å². The van der Waals surface area contributed by atoms with Crippen LogP contribution >= 0.6 is 0 Å². The van der Waals surface area contributed by atoms with E-state index in [0.717, 1.165) is 34.8 Å². The molecule has 8 nitrogen and oxygen atoms in total. The molecule has 44 heavy (non-hydrogen) atoms. The van der Waals surface area contributed by atoms with Gasteiger partial charge in [-0.2, -0.15) is 4.98 Å². The lowest BCUT2D eigenvalue weighted by Gasteiger charge is -2.36. The fraction of sp³-hybridized carbons (Fsp3) is 0.333. The standard InChI is InChI=1S/C36H39N5O3/c1-24(2)22-30-37-33(40-18-20-41(21-19-40)35(42)25-14-16-27(17-15-25)36(3,4)5)31-32(39-44-34(31)38-30)26-10-9-13-29(23-26)43-28-11-7-6-8-12-28/h6-17,23-24H,18-22H2,1-5H3. The summed E-state index contributed by atoms with van der Waals surface area (Å²) < 4.78 is 11.9. The van der Waals surface area contributed by atoms with Gasteiger partial charge in [0.05, 0.1) is 0 Å². The highest BCUT2D eigenvalue weighted by atomic mass is 16.5. The van der Waals surface area contributed by atoms with Gasteiger partial charge in [-0.1, -0.05) is 82.2 Å². The molecule has 1 fully saturated rings. The Kier molecular flexibility index (Phi) is 8.08. The molecule has 0 spiro atoms. The van der Waals surface area contributed by atoms with E-state index in [0.29, 0.717) is 54.8 Å². The van der Waals surface area contributed by atoms with Crippen molar-refractivity contribution in [1.29, 1.82) is 0 Å². The van der Waals surface area contributed by atoms with Crippen LogP contribution < -0.4 is 9.64 Å². The van der Waals surface area contributed by atoms with E-state index in [2.05, 4.69) is 56.8 Å². The molecule has 226 valence electrons. The second-order valence-corrected chi connectivity index (χ2v) is 12.8. The minimum absolute atomic E-state index is 0.0432. The van der Waals surface area contributed by atoms with E-state index in [1.54, 1.807) is 0 Å². The molecule has 3 aromatic carbocycles. The Labute approximate surface area is 258 Å². The number of ether oxygens (including phenoxy) is 1. The number of benzene rings is 3. The van der Waals surface area contributed by atoms with Gasteiger partial charge < -0.3 is 19.1 Å². The van der Waals surface area contributed by atoms with Crippen molar-refractivity contribution in [3.8, 4) is 22.8 Å². The predicted octanol–water partition coefficient (Wildman–Crippen LogP) is 7.54. The molecule has 1 amide bonds. The molecule has 1 aliphatic heterocycles. The maximum atomic E-state index is 13.4. The van der Waals surface area contributed by atoms with Gasteiger partial charge in [0.1, 0.15) is 34.2 Å². The molecular formula is C36H39N5O3. The molecule has 0 bridgehead atoms. The number of fused-ring (bicyclic) bond motifs is 1. The molecule has 0 atom stereocenters. The molecule has 0 N–H and O–H groups in total. The Balaban J connectivity index is 1.28. The largest absolute Gasteiger partial charge is 0.457 e. The van der Waals surface area contributed by atoms with E-state index in [1.165, 1.54) is 5.56 Å². The number of nitrogens with zero attached hydrogens (tertiary/aromatic N) is 5. The van der Waals surface area contributed by atoms with Gasteiger partial charge in [0.25, 0.3) is 11.6 Å². The average molecular weight is 590 g/mol. The first kappa shape index (κ1) is 29.4. The second-order valence-electron chi connectivity index (χ2n) is 12.8. The lowest BCUT2D eigenvalue weighted by atomic mass is 9.86. The molecule has 0 radical (unpaired) electrons. The zero-order valence-corrected chi connectivity index (χ0v) is 26.1. The van der Waals surface area contributed by atoms with Gasteiger partial charge in [0.2, 0.25) is 0 Å². The van der Waals surface area contributed by atoms with Gasteiger partial charge in [-0.05, 0) is 53.3 Å². The van der Waals surface area contributed by atoms with Gasteiger partial charge >= 0.3 is 0 Å². The van der Waals surface area contributed by atoms with Crippen LogP contribution in [0.25, 0.3) is 22.4 Å². The van der Waals surface area contributed by atoms with Crippen LogP contribution in [0.3, 0.4) is 0 Å². The lowest BCUT2D eigenvalue weighted by Crippen LogP contribution is -2.49. The summed E-state index contributed by atoms with van der Waals surface area (Å²) in [5, 5.41) is 5.24. The fourth-order valence-corrected chi connectivity index (χ4v) is 5.51. The van der Waals surface area contributed by atoms with Crippen molar-refractivity contribution in [2.45, 2.75) is 46.5 Å². The SMILES string of the molecule is CC(C)Cc1nc(N2CCN(C(=O)c3ccc(C(C)(C)C)cc3)CC2)c2c(-c3cccc(Oc4ccccc4)c3)noc2n1. The summed E-state index contributed by atoms with van der Waals surface area (Å²) in [6, 6.07) is 25.5. The Morgan fingerprint density at radius 1 is 0.886 bits per heavy atom. The number of hydrogen-bond acceptors (Lipinski definition) is 7. The van der Waals surface area contributed by atoms with E-state index in [9.17, 15) is 4.79 Å². The van der Waals surface area contributed by atoms with Crippen LogP contribution in [0.5, 0.6) is 11.5 Å². The first-order chi connectivity index (χ1) is 21.2. The first-order valence-corrected chi connectivity index (χ1v) is 15.3. The Morgan fingerprint density at radius 2 is 1.59 bits per heavy atom. The summed E-state index contributed by atoms with van der Waals surface area (Å²) in [5.74, 6) is 3.41. The number of piperazine rings is 1. The van der Waals surface area contributed by atoms with Crippen molar-refractivity contribution in [3.05, 3.63) is 95.8 Å². The molecule has 1 saturated heterocycles. The van der Waals surface area contributed by atoms with E-state index < -0.39 is 0 Å². The summed E-state index contributed by atoms with van der Waals surface area (Å²) in [7, 11) is 0. The van der Waals surface area contributed by atoms with Crippen LogP contribution in [0.1, 0.15) is 56.4 Å². The molecule has 5 aromatic rings. The van der Waals surface area contributed by atoms with Gasteiger partial charge in [0.15, 0.2) is 0 Å². The van der Waals surface area contributed by atoms with E-state index in [4.69, 9.17) is 19.2 Å². The van der Waals surface area contributed by atoms with Gasteiger partial charge in [-0.25, -0.2) is 4.98 Å². The van der Waals surface area contributed by atoms with Crippen molar-refractivity contribution < 1.29 is 14.1 Å². The van der Waals surface area contributed by atoms with Crippen LogP contribution in [0.4, 0.5) is 5.82 Å². The number of anilines is 1. The fourth-order valence-electron chi connectivity index (χ4n) is 5.51. The maximum Gasteiger partial charge on any atom is 0.263 e. The van der Waals surface area contributed by atoms with Crippen LogP contribution in [0, 0.1) is 5.92 Å². The summed E-state index contributed by atoms with van der Waals surface area (Å²) >= 11 is 0. The normalized spacial score (nSPS) is 14.0. The van der Waals surface area contributed by atoms with Crippen LogP contribution in [0.2, 0.25) is 0 Å². The van der Waals surface area contributed by atoms with Crippen molar-refractivity contribution in [2.75, 3.05) is 31.1 Å². The summed E-state index contributed by atoms with van der Waals surface area (Å²) in [6.45, 7) is 13.3. The highest BCUT2D eigenvalue weighted by Gasteiger charge is 2.28. The van der Waals surface area contributed by atoms with Crippen molar-refractivity contribution in [2.24, 2.45) is 5.92 Å². The number of carbonyl (C=O) groups is 1. The third-order valence-electron chi connectivity index (χ3n) is 7.90. The number of aromatic nitrogens is 3. The molecule has 8 heteroatoms. The smallest absolute Gasteiger partial charge is 0.263 e. The summed E-state index contributed by atoms with van der Waals surface area (Å²) in [5.41, 5.74) is 3.96. The second kappa shape index (κ2) is 12.1. The summed E-state index contributed by atoms with van der Waals surface area (Å²) in [6.07, 6.45) is 0.725. The number of para-hydroxylation sites is 1. The van der Waals surface area contributed by atoms with Crippen LogP contribution in [-0.4, -0.2) is 52.1 Å². The molecular weight excluding hydrogens is 550 g/mol. The zero-order valence-electron chi connectivity index (χ0n) is 26.1. The quantitative estimate of drug-likeness (QED) is 0.194. The number of hydrogen-bond donors (Lipinski definition) is 0. The number of amides is 1. The number of carbonyl (C=O) groups excluding carboxylic acids is 1. The number of rotatable bonds is 7. The van der Waals surface area contributed by atoms with E-state index in [-0.39, 0.29) is 11.3 Å². The molecule has 0 saturated carbocycles. The van der Waals surface area contributed by atoms with Crippen molar-refractivity contribution in [3.63, 3.8) is 0 Å². The molecule has 6 rings (SSSR count). The van der Waals surface area contributed by atoms with Gasteiger partial charge in [-0.3, -0.25) is 4.79 Å². The predicted molar refractivity (Wildman–Crippen MR) is 173 cm³/mol. The molecule has 3 heterocycles. The van der Waals surface area contributed by atoms with Crippen LogP contribution in [-0.2, 0) is 11.8 Å². The lowest BCUT2D eigenvalue weighted by molar-refractivity contribution is 0.0746. The maximum absolute atomic E-state index is 13.4. The Bertz CT molecular complexity index is 1750. The molecule has 1 aliphatic rings. The molecule has 0 aliphatic carbocycles. The summed E-state index contributed by atoms with van der Waals surface area (Å²) in [4.78, 5) is 27.4. The monoisotopic (exact) mass is 589 g/mol. The topological polar surface area (TPSA) is 84.6 Å². The Morgan fingerprint density at radius 3 is 2.27 bits per heavy atom. The third kappa shape index (κ3) is 6.30. The minimum atomic E-state index is 0.0432. The molecule has 0 unspecified atom stereocenters. The van der Waals surface area contributed by atoms with Gasteiger partial charge in [0, 0.05) is 43.7 Å². The highest BCUT2D eigenvalue weighted by Crippen LogP contribution is 2.36. The zero-order chi connectivity index (χ0) is 30.8. The van der Waals surface area contributed by atoms with E-state index in [1.807, 2.05) is 71.6 Å². The Hall–Kier alpha value is -4.72. The highest BCUT2D eigenvalue weighted by molar-refractivity contribution is 5.98. The minimum Gasteiger partial charge on any atom is -0.457 e. The van der Waals surface area contributed by atoms with E-state index >= 15 is 0 Å².